The summed E-state index contributed by atoms with van der Waals surface area (Å²) in [4.78, 5) is 15.1. The maximum absolute atomic E-state index is 6.48. The van der Waals surface area contributed by atoms with E-state index in [-0.39, 0.29) is 0 Å². The fraction of sp³-hybridized carbons (Fsp3) is 0.0227. The standard InChI is InChI=1S/C44H29N3O/c1-3-15-31(16-4-1)41-45-42(47-43(46-41)36-21-13-17-30-14-7-8-20-35(30)36)32-26-28-34(29-27-32)44(33-18-5-2-6-19-33)37-22-9-11-24-39(37)48-40-25-12-10-23-38(40)44/h1-29H. The van der Waals surface area contributed by atoms with E-state index in [1.165, 1.54) is 5.56 Å². The first-order valence-corrected chi connectivity index (χ1v) is 16.1. The second kappa shape index (κ2) is 11.4. The maximum Gasteiger partial charge on any atom is 0.164 e. The number of aromatic nitrogens is 3. The average Bonchev–Trinajstić information content (AvgIpc) is 3.17. The molecule has 0 saturated carbocycles. The van der Waals surface area contributed by atoms with Crippen molar-refractivity contribution in [2.24, 2.45) is 0 Å². The summed E-state index contributed by atoms with van der Waals surface area (Å²) < 4.78 is 6.48. The van der Waals surface area contributed by atoms with E-state index in [0.717, 1.165) is 55.7 Å². The van der Waals surface area contributed by atoms with E-state index in [4.69, 9.17) is 19.7 Å². The number of para-hydroxylation sites is 2. The minimum Gasteiger partial charge on any atom is -0.457 e. The van der Waals surface area contributed by atoms with Crippen LogP contribution < -0.4 is 4.74 Å². The van der Waals surface area contributed by atoms with Crippen molar-refractivity contribution in [3.63, 3.8) is 0 Å². The molecule has 226 valence electrons. The van der Waals surface area contributed by atoms with Gasteiger partial charge in [0.15, 0.2) is 17.5 Å². The van der Waals surface area contributed by atoms with Gasteiger partial charge in [0.05, 0.1) is 5.41 Å². The molecule has 0 unspecified atom stereocenters. The van der Waals surface area contributed by atoms with E-state index < -0.39 is 5.41 Å². The van der Waals surface area contributed by atoms with Crippen LogP contribution in [0.1, 0.15) is 22.3 Å². The molecule has 1 aliphatic heterocycles. The van der Waals surface area contributed by atoms with Crippen LogP contribution in [0.3, 0.4) is 0 Å². The molecule has 4 nitrogen and oxygen atoms in total. The largest absolute Gasteiger partial charge is 0.457 e. The van der Waals surface area contributed by atoms with Crippen molar-refractivity contribution in [3.8, 4) is 45.7 Å². The normalized spacial score (nSPS) is 12.9. The van der Waals surface area contributed by atoms with E-state index in [1.54, 1.807) is 0 Å². The van der Waals surface area contributed by atoms with Gasteiger partial charge in [-0.25, -0.2) is 15.0 Å². The second-order valence-electron chi connectivity index (χ2n) is 12.0. The van der Waals surface area contributed by atoms with Gasteiger partial charge in [-0.2, -0.15) is 0 Å². The Balaban J connectivity index is 1.25. The quantitative estimate of drug-likeness (QED) is 0.193. The molecule has 0 aliphatic carbocycles. The van der Waals surface area contributed by atoms with Gasteiger partial charge in [0, 0.05) is 27.8 Å². The number of hydrogen-bond donors (Lipinski definition) is 0. The fourth-order valence-electron chi connectivity index (χ4n) is 7.10. The third-order valence-corrected chi connectivity index (χ3v) is 9.28. The summed E-state index contributed by atoms with van der Waals surface area (Å²) in [6, 6.07) is 60.8. The first-order chi connectivity index (χ1) is 23.8. The van der Waals surface area contributed by atoms with Crippen LogP contribution in [0.5, 0.6) is 11.5 Å². The highest BCUT2D eigenvalue weighted by molar-refractivity contribution is 5.95. The van der Waals surface area contributed by atoms with Crippen LogP contribution in [0.2, 0.25) is 0 Å². The van der Waals surface area contributed by atoms with Crippen molar-refractivity contribution < 1.29 is 4.74 Å². The molecule has 0 spiro atoms. The molecule has 1 aliphatic rings. The molecule has 0 atom stereocenters. The molecule has 0 bridgehead atoms. The van der Waals surface area contributed by atoms with E-state index in [9.17, 15) is 0 Å². The molecule has 9 rings (SSSR count). The monoisotopic (exact) mass is 615 g/mol. The zero-order valence-corrected chi connectivity index (χ0v) is 26.0. The van der Waals surface area contributed by atoms with Gasteiger partial charge in [0.1, 0.15) is 11.5 Å². The van der Waals surface area contributed by atoms with Gasteiger partial charge in [-0.15, -0.1) is 0 Å². The van der Waals surface area contributed by atoms with Crippen LogP contribution in [-0.2, 0) is 5.41 Å². The summed E-state index contributed by atoms with van der Waals surface area (Å²) in [5, 5.41) is 2.25. The van der Waals surface area contributed by atoms with Crippen molar-refractivity contribution in [2.75, 3.05) is 0 Å². The number of hydrogen-bond acceptors (Lipinski definition) is 4. The SMILES string of the molecule is c1ccc(-c2nc(-c3ccc(C4(c5ccccc5)c5ccccc5Oc5ccccc54)cc3)nc(-c3cccc4ccccc34)n2)cc1. The topological polar surface area (TPSA) is 47.9 Å². The molecule has 2 heterocycles. The molecule has 48 heavy (non-hydrogen) atoms. The Morgan fingerprint density at radius 3 is 1.56 bits per heavy atom. The summed E-state index contributed by atoms with van der Waals surface area (Å²) >= 11 is 0. The Hall–Kier alpha value is -6.39. The number of ether oxygens (including phenoxy) is 1. The highest BCUT2D eigenvalue weighted by atomic mass is 16.5. The summed E-state index contributed by atoms with van der Waals surface area (Å²) in [6.45, 7) is 0. The molecule has 0 amide bonds. The lowest BCUT2D eigenvalue weighted by molar-refractivity contribution is 0.434. The van der Waals surface area contributed by atoms with E-state index in [1.807, 2.05) is 42.5 Å². The van der Waals surface area contributed by atoms with Crippen LogP contribution in [0.15, 0.2) is 176 Å². The van der Waals surface area contributed by atoms with Crippen molar-refractivity contribution >= 4 is 10.8 Å². The van der Waals surface area contributed by atoms with Crippen molar-refractivity contribution in [1.29, 1.82) is 0 Å². The van der Waals surface area contributed by atoms with E-state index >= 15 is 0 Å². The average molecular weight is 616 g/mol. The first-order valence-electron chi connectivity index (χ1n) is 16.1. The molecule has 0 fully saturated rings. The summed E-state index contributed by atoms with van der Waals surface area (Å²) in [7, 11) is 0. The smallest absolute Gasteiger partial charge is 0.164 e. The Morgan fingerprint density at radius 2 is 0.875 bits per heavy atom. The highest BCUT2D eigenvalue weighted by Gasteiger charge is 2.45. The van der Waals surface area contributed by atoms with E-state index in [0.29, 0.717) is 17.5 Å². The lowest BCUT2D eigenvalue weighted by Crippen LogP contribution is -2.34. The maximum atomic E-state index is 6.48. The Bertz CT molecular complexity index is 2370. The third kappa shape index (κ3) is 4.50. The molecule has 0 N–H and O–H groups in total. The Labute approximate surface area is 279 Å². The molecular formula is C44H29N3O. The Kier molecular flexibility index (Phi) is 6.65. The molecule has 4 heteroatoms. The molecule has 0 radical (unpaired) electrons. The zero-order valence-electron chi connectivity index (χ0n) is 26.0. The van der Waals surface area contributed by atoms with Crippen LogP contribution in [0.25, 0.3) is 44.9 Å². The third-order valence-electron chi connectivity index (χ3n) is 9.28. The van der Waals surface area contributed by atoms with Gasteiger partial charge in [-0.05, 0) is 34.0 Å². The first kappa shape index (κ1) is 27.9. The summed E-state index contributed by atoms with van der Waals surface area (Å²) in [6.07, 6.45) is 0. The van der Waals surface area contributed by atoms with Gasteiger partial charge in [0.25, 0.3) is 0 Å². The molecule has 0 saturated heterocycles. The molecule has 8 aromatic rings. The summed E-state index contributed by atoms with van der Waals surface area (Å²) in [5.74, 6) is 3.62. The lowest BCUT2D eigenvalue weighted by atomic mass is 9.63. The van der Waals surface area contributed by atoms with Gasteiger partial charge in [-0.1, -0.05) is 164 Å². The van der Waals surface area contributed by atoms with Gasteiger partial charge in [-0.3, -0.25) is 0 Å². The van der Waals surface area contributed by atoms with Crippen LogP contribution in [0.4, 0.5) is 0 Å². The molecular weight excluding hydrogens is 587 g/mol. The number of nitrogens with zero attached hydrogens (tertiary/aromatic N) is 3. The van der Waals surface area contributed by atoms with Crippen molar-refractivity contribution in [3.05, 3.63) is 198 Å². The summed E-state index contributed by atoms with van der Waals surface area (Å²) in [5.41, 5.74) is 6.75. The van der Waals surface area contributed by atoms with Gasteiger partial charge < -0.3 is 4.74 Å². The minimum atomic E-state index is -0.590. The van der Waals surface area contributed by atoms with Crippen LogP contribution >= 0.6 is 0 Å². The van der Waals surface area contributed by atoms with E-state index in [2.05, 4.69) is 133 Å². The van der Waals surface area contributed by atoms with Gasteiger partial charge >= 0.3 is 0 Å². The van der Waals surface area contributed by atoms with Crippen molar-refractivity contribution in [1.82, 2.24) is 15.0 Å². The van der Waals surface area contributed by atoms with Crippen LogP contribution in [-0.4, -0.2) is 15.0 Å². The Morgan fingerprint density at radius 1 is 0.375 bits per heavy atom. The zero-order chi connectivity index (χ0) is 31.9. The predicted molar refractivity (Wildman–Crippen MR) is 192 cm³/mol. The number of rotatable bonds is 5. The van der Waals surface area contributed by atoms with Gasteiger partial charge in [0.2, 0.25) is 0 Å². The highest BCUT2D eigenvalue weighted by Crippen LogP contribution is 2.55. The fourth-order valence-corrected chi connectivity index (χ4v) is 7.10. The second-order valence-corrected chi connectivity index (χ2v) is 12.0. The van der Waals surface area contributed by atoms with Crippen LogP contribution in [0, 0.1) is 0 Å². The number of benzene rings is 7. The van der Waals surface area contributed by atoms with Crippen molar-refractivity contribution in [2.45, 2.75) is 5.41 Å². The minimum absolute atomic E-state index is 0.590. The molecule has 7 aromatic carbocycles. The lowest BCUT2D eigenvalue weighted by Gasteiger charge is -2.41. The predicted octanol–water partition coefficient (Wildman–Crippen LogP) is 10.5. The number of fused-ring (bicyclic) bond motifs is 3. The molecule has 1 aromatic heterocycles.